The second-order valence-corrected chi connectivity index (χ2v) is 5.35. The summed E-state index contributed by atoms with van der Waals surface area (Å²) < 4.78 is 0. The molecule has 0 unspecified atom stereocenters. The third-order valence-electron chi connectivity index (χ3n) is 4.41. The van der Waals surface area contributed by atoms with E-state index in [1.807, 2.05) is 32.0 Å². The minimum absolute atomic E-state index is 0.684. The summed E-state index contributed by atoms with van der Waals surface area (Å²) in [7, 11) is 0. The van der Waals surface area contributed by atoms with Gasteiger partial charge in [0.05, 0.1) is 18.2 Å². The Morgan fingerprint density at radius 2 is 1.90 bits per heavy atom. The predicted octanol–water partition coefficient (Wildman–Crippen LogP) is 4.61. The Kier molecular flexibility index (Phi) is 2.63. The fourth-order valence-corrected chi connectivity index (χ4v) is 3.20. The monoisotopic (exact) mass is 258 g/mol. The smallest absolute Gasteiger partial charge is 0.187 e. The Balaban J connectivity index is 2.36. The first-order valence-electron chi connectivity index (χ1n) is 6.62. The fourth-order valence-electron chi connectivity index (χ4n) is 3.20. The highest BCUT2D eigenvalue weighted by Crippen LogP contribution is 2.44. The predicted molar refractivity (Wildman–Crippen MR) is 79.9 cm³/mol. The molecule has 3 rings (SSSR count). The van der Waals surface area contributed by atoms with Gasteiger partial charge in [0.1, 0.15) is 0 Å². The van der Waals surface area contributed by atoms with E-state index in [1.165, 1.54) is 27.8 Å². The zero-order chi connectivity index (χ0) is 14.4. The SMILES string of the molecule is [C-]#[N+]c1ccc2c(c1)Cc1c(C)c(C#N)c(C)c(C)c1-2. The van der Waals surface area contributed by atoms with Crippen LogP contribution in [0.1, 0.15) is 33.4 Å². The van der Waals surface area contributed by atoms with E-state index in [0.717, 1.165) is 23.1 Å². The fraction of sp³-hybridized carbons (Fsp3) is 0.222. The van der Waals surface area contributed by atoms with Gasteiger partial charge in [-0.1, -0.05) is 18.2 Å². The molecule has 2 heteroatoms. The molecule has 96 valence electrons. The molecule has 0 aliphatic heterocycles. The van der Waals surface area contributed by atoms with Gasteiger partial charge in [0.2, 0.25) is 0 Å². The summed E-state index contributed by atoms with van der Waals surface area (Å²) in [5, 5.41) is 9.36. The first-order chi connectivity index (χ1) is 9.58. The third-order valence-corrected chi connectivity index (χ3v) is 4.41. The summed E-state index contributed by atoms with van der Waals surface area (Å²) in [4.78, 5) is 3.50. The highest BCUT2D eigenvalue weighted by Gasteiger charge is 2.25. The van der Waals surface area contributed by atoms with Crippen LogP contribution in [0.15, 0.2) is 18.2 Å². The summed E-state index contributed by atoms with van der Waals surface area (Å²) >= 11 is 0. The number of nitrogens with zero attached hydrogens (tertiary/aromatic N) is 2. The molecule has 2 aromatic rings. The second kappa shape index (κ2) is 4.22. The van der Waals surface area contributed by atoms with Crippen molar-refractivity contribution >= 4 is 5.69 Å². The number of hydrogen-bond donors (Lipinski definition) is 0. The summed E-state index contributed by atoms with van der Waals surface area (Å²) in [6.45, 7) is 13.3. The van der Waals surface area contributed by atoms with E-state index in [9.17, 15) is 5.26 Å². The molecule has 2 aromatic carbocycles. The van der Waals surface area contributed by atoms with E-state index in [4.69, 9.17) is 6.57 Å². The molecule has 0 bridgehead atoms. The molecule has 0 fully saturated rings. The van der Waals surface area contributed by atoms with E-state index < -0.39 is 0 Å². The number of rotatable bonds is 0. The van der Waals surface area contributed by atoms with Crippen LogP contribution >= 0.6 is 0 Å². The van der Waals surface area contributed by atoms with Crippen molar-refractivity contribution in [3.8, 4) is 17.2 Å². The average molecular weight is 258 g/mol. The maximum Gasteiger partial charge on any atom is 0.187 e. The van der Waals surface area contributed by atoms with Crippen LogP contribution in [-0.4, -0.2) is 0 Å². The van der Waals surface area contributed by atoms with Gasteiger partial charge in [-0.05, 0) is 66.1 Å². The van der Waals surface area contributed by atoms with Crippen LogP contribution in [0.4, 0.5) is 5.69 Å². The van der Waals surface area contributed by atoms with Gasteiger partial charge in [-0.3, -0.25) is 0 Å². The Bertz CT molecular complexity index is 830. The number of benzene rings is 2. The maximum absolute atomic E-state index is 9.36. The first kappa shape index (κ1) is 12.5. The molecule has 1 aliphatic carbocycles. The van der Waals surface area contributed by atoms with E-state index in [1.54, 1.807) is 0 Å². The molecule has 2 nitrogen and oxygen atoms in total. The van der Waals surface area contributed by atoms with Crippen LogP contribution in [0.25, 0.3) is 16.0 Å². The third kappa shape index (κ3) is 1.49. The first-order valence-corrected chi connectivity index (χ1v) is 6.62. The van der Waals surface area contributed by atoms with Gasteiger partial charge in [0.25, 0.3) is 0 Å². The van der Waals surface area contributed by atoms with Crippen LogP contribution in [0, 0.1) is 38.7 Å². The Morgan fingerprint density at radius 3 is 2.55 bits per heavy atom. The summed E-state index contributed by atoms with van der Waals surface area (Å²) in [6, 6.07) is 8.24. The normalized spacial score (nSPS) is 11.4. The van der Waals surface area contributed by atoms with Gasteiger partial charge < -0.3 is 0 Å². The van der Waals surface area contributed by atoms with E-state index in [2.05, 4.69) is 17.8 Å². The lowest BCUT2D eigenvalue weighted by Crippen LogP contribution is -1.98. The topological polar surface area (TPSA) is 28.1 Å². The zero-order valence-corrected chi connectivity index (χ0v) is 11.8. The highest BCUT2D eigenvalue weighted by molar-refractivity contribution is 5.84. The van der Waals surface area contributed by atoms with Gasteiger partial charge in [-0.15, -0.1) is 0 Å². The molecule has 0 heterocycles. The number of hydrogen-bond acceptors (Lipinski definition) is 1. The summed E-state index contributed by atoms with van der Waals surface area (Å²) in [6.07, 6.45) is 0.829. The van der Waals surface area contributed by atoms with Crippen LogP contribution in [-0.2, 0) is 6.42 Å². The molecule has 1 aliphatic rings. The zero-order valence-electron chi connectivity index (χ0n) is 11.8. The van der Waals surface area contributed by atoms with Crippen LogP contribution in [0.2, 0.25) is 0 Å². The van der Waals surface area contributed by atoms with Crippen molar-refractivity contribution in [1.29, 1.82) is 5.26 Å². The van der Waals surface area contributed by atoms with E-state index >= 15 is 0 Å². The highest BCUT2D eigenvalue weighted by atomic mass is 14.6. The van der Waals surface area contributed by atoms with Crippen LogP contribution in [0.5, 0.6) is 0 Å². The lowest BCUT2D eigenvalue weighted by molar-refractivity contribution is 1.17. The molecule has 0 radical (unpaired) electrons. The quantitative estimate of drug-likeness (QED) is 0.541. The second-order valence-electron chi connectivity index (χ2n) is 5.35. The van der Waals surface area contributed by atoms with Gasteiger partial charge in [-0.2, -0.15) is 5.26 Å². The molecule has 0 spiro atoms. The molecular formula is C18H14N2. The van der Waals surface area contributed by atoms with Crippen molar-refractivity contribution in [2.45, 2.75) is 27.2 Å². The van der Waals surface area contributed by atoms with Crippen molar-refractivity contribution in [1.82, 2.24) is 0 Å². The molecular weight excluding hydrogens is 244 g/mol. The van der Waals surface area contributed by atoms with Gasteiger partial charge in [0, 0.05) is 0 Å². The number of nitriles is 1. The lowest BCUT2D eigenvalue weighted by Gasteiger charge is -2.14. The summed E-state index contributed by atoms with van der Waals surface area (Å²) in [5.74, 6) is 0. The van der Waals surface area contributed by atoms with Gasteiger partial charge in [-0.25, -0.2) is 4.85 Å². The van der Waals surface area contributed by atoms with Crippen molar-refractivity contribution in [2.75, 3.05) is 0 Å². The molecule has 0 N–H and O–H groups in total. The van der Waals surface area contributed by atoms with Crippen LogP contribution in [0.3, 0.4) is 0 Å². The molecule has 0 atom stereocenters. The van der Waals surface area contributed by atoms with Crippen LogP contribution < -0.4 is 0 Å². The van der Waals surface area contributed by atoms with Gasteiger partial charge in [0.15, 0.2) is 5.69 Å². The molecule has 0 aromatic heterocycles. The molecule has 20 heavy (non-hydrogen) atoms. The van der Waals surface area contributed by atoms with E-state index in [-0.39, 0.29) is 0 Å². The van der Waals surface area contributed by atoms with E-state index in [0.29, 0.717) is 5.69 Å². The van der Waals surface area contributed by atoms with Crippen molar-refractivity contribution in [3.63, 3.8) is 0 Å². The van der Waals surface area contributed by atoms with Gasteiger partial charge >= 0.3 is 0 Å². The lowest BCUT2D eigenvalue weighted by atomic mass is 9.89. The number of fused-ring (bicyclic) bond motifs is 3. The largest absolute Gasteiger partial charge is 0.238 e. The van der Waals surface area contributed by atoms with Crippen molar-refractivity contribution in [2.24, 2.45) is 0 Å². The maximum atomic E-state index is 9.36. The van der Waals surface area contributed by atoms with Crippen molar-refractivity contribution < 1.29 is 0 Å². The Hall–Kier alpha value is -2.58. The Morgan fingerprint density at radius 1 is 1.15 bits per heavy atom. The minimum Gasteiger partial charge on any atom is -0.238 e. The molecule has 0 amide bonds. The minimum atomic E-state index is 0.684. The molecule has 0 saturated heterocycles. The average Bonchev–Trinajstić information content (AvgIpc) is 2.84. The standard InChI is InChI=1S/C18H14N2/c1-10-11(2)18-15-6-5-14(20-4)7-13(15)8-16(18)12(3)17(10)9-19/h5-7H,8H2,1-3H3. The van der Waals surface area contributed by atoms with Crippen molar-refractivity contribution in [3.05, 3.63) is 63.0 Å². The summed E-state index contributed by atoms with van der Waals surface area (Å²) in [5.41, 5.74) is 9.79. The molecule has 0 saturated carbocycles. The Labute approximate surface area is 119 Å².